The zero-order valence-corrected chi connectivity index (χ0v) is 15.2. The molecule has 3 heterocycles. The van der Waals surface area contributed by atoms with E-state index in [1.54, 1.807) is 6.07 Å². The predicted octanol–water partition coefficient (Wildman–Crippen LogP) is 4.79. The first-order valence-corrected chi connectivity index (χ1v) is 9.69. The molecule has 2 aliphatic heterocycles. The monoisotopic (exact) mass is 362 g/mol. The van der Waals surface area contributed by atoms with E-state index in [0.717, 1.165) is 55.5 Å². The van der Waals surface area contributed by atoms with Crippen LogP contribution in [-0.2, 0) is 6.42 Å². The molecule has 1 atom stereocenters. The third-order valence-electron chi connectivity index (χ3n) is 5.75. The fraction of sp³-hybridized carbons (Fsp3) is 0.304. The lowest BCUT2D eigenvalue weighted by Crippen LogP contribution is -2.39. The second-order valence-corrected chi connectivity index (χ2v) is 7.52. The highest BCUT2D eigenvalue weighted by molar-refractivity contribution is 5.92. The van der Waals surface area contributed by atoms with Crippen molar-refractivity contribution < 1.29 is 9.13 Å². The van der Waals surface area contributed by atoms with Crippen LogP contribution in [0.2, 0.25) is 0 Å². The maximum absolute atomic E-state index is 13.4. The maximum atomic E-state index is 13.4. The van der Waals surface area contributed by atoms with Gasteiger partial charge in [-0.05, 0) is 54.7 Å². The summed E-state index contributed by atoms with van der Waals surface area (Å²) in [6, 6.07) is 13.3. The smallest absolute Gasteiger partial charge is 0.125 e. The molecule has 0 saturated carbocycles. The van der Waals surface area contributed by atoms with E-state index in [4.69, 9.17) is 4.74 Å². The lowest BCUT2D eigenvalue weighted by molar-refractivity contribution is 0.120. The number of nitrogens with one attached hydrogen (secondary N) is 1. The molecule has 5 rings (SSSR count). The molecule has 0 saturated heterocycles. The highest BCUT2D eigenvalue weighted by atomic mass is 19.1. The van der Waals surface area contributed by atoms with Gasteiger partial charge < -0.3 is 9.72 Å². The van der Waals surface area contributed by atoms with Crippen LogP contribution in [0.1, 0.15) is 24.0 Å². The first-order chi connectivity index (χ1) is 13.3. The molecular formula is C23H23FN2O. The molecule has 0 amide bonds. The van der Waals surface area contributed by atoms with Gasteiger partial charge in [0.1, 0.15) is 17.7 Å². The van der Waals surface area contributed by atoms with Gasteiger partial charge in [-0.3, -0.25) is 4.90 Å². The summed E-state index contributed by atoms with van der Waals surface area (Å²) in [5.41, 5.74) is 4.74. The van der Waals surface area contributed by atoms with Crippen molar-refractivity contribution >= 4 is 16.5 Å². The molecule has 1 aromatic heterocycles. The van der Waals surface area contributed by atoms with Gasteiger partial charge in [0, 0.05) is 42.3 Å². The third kappa shape index (κ3) is 3.26. The molecule has 2 aromatic carbocycles. The summed E-state index contributed by atoms with van der Waals surface area (Å²) in [5.74, 6) is 0.849. The summed E-state index contributed by atoms with van der Waals surface area (Å²) in [7, 11) is 0. The lowest BCUT2D eigenvalue weighted by Gasteiger charge is -2.33. The van der Waals surface area contributed by atoms with Crippen LogP contribution in [0.4, 0.5) is 4.39 Å². The van der Waals surface area contributed by atoms with E-state index in [9.17, 15) is 4.39 Å². The molecule has 0 fully saturated rings. The Balaban J connectivity index is 1.26. The van der Waals surface area contributed by atoms with Crippen LogP contribution in [0.3, 0.4) is 0 Å². The van der Waals surface area contributed by atoms with E-state index in [-0.39, 0.29) is 11.9 Å². The van der Waals surface area contributed by atoms with Gasteiger partial charge in [0.15, 0.2) is 0 Å². The van der Waals surface area contributed by atoms with Gasteiger partial charge in [0.25, 0.3) is 0 Å². The van der Waals surface area contributed by atoms with Crippen LogP contribution in [0.15, 0.2) is 54.7 Å². The van der Waals surface area contributed by atoms with Crippen molar-refractivity contribution in [3.8, 4) is 5.75 Å². The minimum absolute atomic E-state index is 0.200. The minimum Gasteiger partial charge on any atom is -0.489 e. The van der Waals surface area contributed by atoms with Crippen molar-refractivity contribution in [3.05, 3.63) is 71.7 Å². The molecular weight excluding hydrogens is 339 g/mol. The number of benzene rings is 2. The summed E-state index contributed by atoms with van der Waals surface area (Å²) >= 11 is 0. The van der Waals surface area contributed by atoms with Crippen LogP contribution >= 0.6 is 0 Å². The molecule has 0 bridgehead atoms. The second-order valence-electron chi connectivity index (χ2n) is 7.52. The van der Waals surface area contributed by atoms with Crippen LogP contribution in [-0.4, -0.2) is 35.6 Å². The number of hydrogen-bond acceptors (Lipinski definition) is 2. The fourth-order valence-electron chi connectivity index (χ4n) is 4.28. The van der Waals surface area contributed by atoms with Crippen LogP contribution in [0.5, 0.6) is 5.75 Å². The number of aromatic nitrogens is 1. The van der Waals surface area contributed by atoms with E-state index in [2.05, 4.69) is 34.2 Å². The van der Waals surface area contributed by atoms with E-state index in [0.29, 0.717) is 0 Å². The van der Waals surface area contributed by atoms with Crippen LogP contribution < -0.4 is 4.74 Å². The van der Waals surface area contributed by atoms with Gasteiger partial charge in [-0.25, -0.2) is 4.39 Å². The van der Waals surface area contributed by atoms with Crippen LogP contribution in [0.25, 0.3) is 16.5 Å². The number of para-hydroxylation sites is 1. The van der Waals surface area contributed by atoms with E-state index in [1.165, 1.54) is 22.8 Å². The van der Waals surface area contributed by atoms with Gasteiger partial charge in [-0.15, -0.1) is 0 Å². The number of ether oxygens (including phenoxy) is 1. The Morgan fingerprint density at radius 1 is 1.15 bits per heavy atom. The number of rotatable bonds is 3. The van der Waals surface area contributed by atoms with E-state index >= 15 is 0 Å². The Hall–Kier alpha value is -2.59. The molecule has 138 valence electrons. The highest BCUT2D eigenvalue weighted by Gasteiger charge is 2.23. The average molecular weight is 362 g/mol. The fourth-order valence-corrected chi connectivity index (χ4v) is 4.28. The van der Waals surface area contributed by atoms with Gasteiger partial charge in [-0.1, -0.05) is 24.3 Å². The van der Waals surface area contributed by atoms with Gasteiger partial charge in [-0.2, -0.15) is 0 Å². The summed E-state index contributed by atoms with van der Waals surface area (Å²) in [5, 5.41) is 1.10. The number of nitrogens with zero attached hydrogens (tertiary/aromatic N) is 1. The van der Waals surface area contributed by atoms with Gasteiger partial charge in [0.05, 0.1) is 0 Å². The Morgan fingerprint density at radius 2 is 2.07 bits per heavy atom. The zero-order valence-electron chi connectivity index (χ0n) is 15.2. The molecule has 1 unspecified atom stereocenters. The standard InChI is InChI=1S/C23H23FN2O/c24-18-6-8-20-21(14-25-22(20)13-18)16-9-11-26(12-10-16)15-19-7-5-17-3-1-2-4-23(17)27-19/h1-4,6,8-9,13-14,19,25H,5,7,10-12,15H2. The lowest BCUT2D eigenvalue weighted by atomic mass is 9.98. The number of fused-ring (bicyclic) bond motifs is 2. The number of halogens is 1. The molecule has 3 aromatic rings. The second kappa shape index (κ2) is 6.86. The van der Waals surface area contributed by atoms with Crippen molar-refractivity contribution in [2.24, 2.45) is 0 Å². The Bertz CT molecular complexity index is 1010. The van der Waals surface area contributed by atoms with Crippen molar-refractivity contribution in [2.45, 2.75) is 25.4 Å². The number of aromatic amines is 1. The molecule has 4 heteroatoms. The molecule has 2 aliphatic rings. The topological polar surface area (TPSA) is 28.3 Å². The van der Waals surface area contributed by atoms with Crippen LogP contribution in [0, 0.1) is 5.82 Å². The summed E-state index contributed by atoms with van der Waals surface area (Å²) in [6.07, 6.45) is 7.78. The Labute approximate surface area is 158 Å². The molecule has 0 radical (unpaired) electrons. The van der Waals surface area contributed by atoms with Crippen molar-refractivity contribution in [1.82, 2.24) is 9.88 Å². The van der Waals surface area contributed by atoms with E-state index < -0.39 is 0 Å². The average Bonchev–Trinajstić information content (AvgIpc) is 3.11. The van der Waals surface area contributed by atoms with Crippen molar-refractivity contribution in [3.63, 3.8) is 0 Å². The zero-order chi connectivity index (χ0) is 18.2. The quantitative estimate of drug-likeness (QED) is 0.726. The number of H-pyrrole nitrogens is 1. The molecule has 1 N–H and O–H groups in total. The first kappa shape index (κ1) is 16.6. The molecule has 0 aliphatic carbocycles. The van der Waals surface area contributed by atoms with Crippen molar-refractivity contribution in [1.29, 1.82) is 0 Å². The minimum atomic E-state index is -0.200. The number of hydrogen-bond donors (Lipinski definition) is 1. The first-order valence-electron chi connectivity index (χ1n) is 9.69. The number of aryl methyl sites for hydroxylation is 1. The predicted molar refractivity (Wildman–Crippen MR) is 106 cm³/mol. The summed E-state index contributed by atoms with van der Waals surface area (Å²) in [4.78, 5) is 5.67. The summed E-state index contributed by atoms with van der Waals surface area (Å²) in [6.45, 7) is 2.93. The van der Waals surface area contributed by atoms with Crippen molar-refractivity contribution in [2.75, 3.05) is 19.6 Å². The molecule has 0 spiro atoms. The van der Waals surface area contributed by atoms with E-state index in [1.807, 2.05) is 18.3 Å². The largest absolute Gasteiger partial charge is 0.489 e. The Kier molecular flexibility index (Phi) is 4.21. The maximum Gasteiger partial charge on any atom is 0.125 e. The molecule has 27 heavy (non-hydrogen) atoms. The third-order valence-corrected chi connectivity index (χ3v) is 5.75. The van der Waals surface area contributed by atoms with Gasteiger partial charge >= 0.3 is 0 Å². The Morgan fingerprint density at radius 3 is 2.96 bits per heavy atom. The van der Waals surface area contributed by atoms with Gasteiger partial charge in [0.2, 0.25) is 0 Å². The highest BCUT2D eigenvalue weighted by Crippen LogP contribution is 2.31. The normalized spacial score (nSPS) is 20.2. The summed E-state index contributed by atoms with van der Waals surface area (Å²) < 4.78 is 19.6. The SMILES string of the molecule is Fc1ccc2c(C3=CCN(CC4CCc5ccccc5O4)CC3)c[nH]c2c1. The molecule has 3 nitrogen and oxygen atoms in total.